The second-order valence-corrected chi connectivity index (χ2v) is 5.44. The maximum atomic E-state index is 12.9. The van der Waals surface area contributed by atoms with Gasteiger partial charge in [-0.25, -0.2) is 4.39 Å². The molecule has 2 N–H and O–H groups in total. The number of amides is 1. The van der Waals surface area contributed by atoms with E-state index in [-0.39, 0.29) is 11.7 Å². The van der Waals surface area contributed by atoms with E-state index in [1.54, 1.807) is 12.1 Å². The lowest BCUT2D eigenvalue weighted by atomic mass is 10.1. The van der Waals surface area contributed by atoms with Crippen molar-refractivity contribution in [3.8, 4) is 0 Å². The zero-order valence-electron chi connectivity index (χ0n) is 11.9. The molecule has 1 unspecified atom stereocenters. The highest BCUT2D eigenvalue weighted by Crippen LogP contribution is 2.11. The number of piperazine rings is 1. The van der Waals surface area contributed by atoms with Crippen molar-refractivity contribution in [3.63, 3.8) is 0 Å². The molecule has 110 valence electrons. The molecular weight excluding hydrogens is 257 g/mol. The second kappa shape index (κ2) is 6.81. The van der Waals surface area contributed by atoms with Crippen LogP contribution in [0.4, 0.5) is 4.39 Å². The van der Waals surface area contributed by atoms with E-state index < -0.39 is 0 Å². The monoisotopic (exact) mass is 279 g/mol. The molecule has 0 spiro atoms. The third-order valence-corrected chi connectivity index (χ3v) is 3.72. The first kappa shape index (κ1) is 14.9. The van der Waals surface area contributed by atoms with E-state index in [0.717, 1.165) is 19.6 Å². The lowest BCUT2D eigenvalue weighted by Gasteiger charge is -2.35. The van der Waals surface area contributed by atoms with E-state index in [2.05, 4.69) is 11.8 Å². The van der Waals surface area contributed by atoms with Crippen LogP contribution in [-0.4, -0.2) is 55.0 Å². The number of halogens is 1. The van der Waals surface area contributed by atoms with Crippen molar-refractivity contribution < 1.29 is 9.18 Å². The van der Waals surface area contributed by atoms with Gasteiger partial charge in [0.2, 0.25) is 0 Å². The Morgan fingerprint density at radius 2 is 1.85 bits per heavy atom. The van der Waals surface area contributed by atoms with Gasteiger partial charge in [0.05, 0.1) is 0 Å². The summed E-state index contributed by atoms with van der Waals surface area (Å²) in [6, 6.07) is 5.74. The van der Waals surface area contributed by atoms with Crippen molar-refractivity contribution in [2.75, 3.05) is 39.3 Å². The van der Waals surface area contributed by atoms with Crippen LogP contribution in [0.25, 0.3) is 0 Å². The Bertz CT molecular complexity index is 441. The van der Waals surface area contributed by atoms with Crippen LogP contribution in [0.2, 0.25) is 0 Å². The maximum absolute atomic E-state index is 12.9. The zero-order valence-corrected chi connectivity index (χ0v) is 11.9. The summed E-state index contributed by atoms with van der Waals surface area (Å²) >= 11 is 0. The minimum atomic E-state index is -0.317. The third kappa shape index (κ3) is 3.77. The van der Waals surface area contributed by atoms with Gasteiger partial charge in [-0.15, -0.1) is 0 Å². The quantitative estimate of drug-likeness (QED) is 0.900. The van der Waals surface area contributed by atoms with Crippen LogP contribution in [0.3, 0.4) is 0 Å². The lowest BCUT2D eigenvalue weighted by Crippen LogP contribution is -2.50. The number of nitrogens with two attached hydrogens (primary N) is 1. The molecule has 1 aliphatic rings. The molecule has 0 bridgehead atoms. The SMILES string of the molecule is CC(CN)CN1CCN(C(=O)c2ccc(F)cc2)CC1. The molecule has 5 heteroatoms. The fourth-order valence-electron chi connectivity index (χ4n) is 2.42. The molecule has 20 heavy (non-hydrogen) atoms. The number of rotatable bonds is 4. The van der Waals surface area contributed by atoms with Crippen LogP contribution >= 0.6 is 0 Å². The van der Waals surface area contributed by atoms with Gasteiger partial charge in [0.25, 0.3) is 5.91 Å². The van der Waals surface area contributed by atoms with Gasteiger partial charge in [0.15, 0.2) is 0 Å². The highest BCUT2D eigenvalue weighted by atomic mass is 19.1. The Morgan fingerprint density at radius 3 is 2.40 bits per heavy atom. The molecule has 1 atom stereocenters. The van der Waals surface area contributed by atoms with Crippen molar-refractivity contribution in [1.29, 1.82) is 0 Å². The van der Waals surface area contributed by atoms with Gasteiger partial charge < -0.3 is 10.6 Å². The minimum Gasteiger partial charge on any atom is -0.336 e. The van der Waals surface area contributed by atoms with Crippen molar-refractivity contribution in [3.05, 3.63) is 35.6 Å². The fraction of sp³-hybridized carbons (Fsp3) is 0.533. The molecule has 1 aromatic carbocycles. The molecule has 1 aromatic rings. The van der Waals surface area contributed by atoms with Gasteiger partial charge in [-0.3, -0.25) is 9.69 Å². The number of benzene rings is 1. The molecule has 0 aromatic heterocycles. The smallest absolute Gasteiger partial charge is 0.253 e. The molecule has 1 amide bonds. The summed E-state index contributed by atoms with van der Waals surface area (Å²) in [5.74, 6) is 0.146. The highest BCUT2D eigenvalue weighted by molar-refractivity contribution is 5.94. The lowest BCUT2D eigenvalue weighted by molar-refractivity contribution is 0.0622. The average molecular weight is 279 g/mol. The largest absolute Gasteiger partial charge is 0.336 e. The molecule has 2 rings (SSSR count). The predicted octanol–water partition coefficient (Wildman–Crippen LogP) is 1.18. The van der Waals surface area contributed by atoms with Crippen LogP contribution in [0.1, 0.15) is 17.3 Å². The minimum absolute atomic E-state index is 0.0171. The van der Waals surface area contributed by atoms with E-state index in [4.69, 9.17) is 5.73 Å². The molecular formula is C15H22FN3O. The van der Waals surface area contributed by atoms with Crippen molar-refractivity contribution >= 4 is 5.91 Å². The van der Waals surface area contributed by atoms with E-state index in [9.17, 15) is 9.18 Å². The maximum Gasteiger partial charge on any atom is 0.253 e. The van der Waals surface area contributed by atoms with E-state index in [1.165, 1.54) is 12.1 Å². The standard InChI is InChI=1S/C15H22FN3O/c1-12(10-17)11-18-6-8-19(9-7-18)15(20)13-2-4-14(16)5-3-13/h2-5,12H,6-11,17H2,1H3. The molecule has 1 saturated heterocycles. The van der Waals surface area contributed by atoms with Gasteiger partial charge in [0, 0.05) is 38.3 Å². The summed E-state index contributed by atoms with van der Waals surface area (Å²) in [6.45, 7) is 6.98. The number of hydrogen-bond donors (Lipinski definition) is 1. The van der Waals surface area contributed by atoms with E-state index in [1.807, 2.05) is 4.90 Å². The summed E-state index contributed by atoms with van der Waals surface area (Å²) in [5.41, 5.74) is 6.18. The van der Waals surface area contributed by atoms with Crippen LogP contribution in [0, 0.1) is 11.7 Å². The Morgan fingerprint density at radius 1 is 1.25 bits per heavy atom. The van der Waals surface area contributed by atoms with Crippen LogP contribution in [0.5, 0.6) is 0 Å². The molecule has 0 aliphatic carbocycles. The van der Waals surface area contributed by atoms with Gasteiger partial charge in [0.1, 0.15) is 5.82 Å². The number of carbonyl (C=O) groups excluding carboxylic acids is 1. The van der Waals surface area contributed by atoms with E-state index >= 15 is 0 Å². The molecule has 0 radical (unpaired) electrons. The van der Waals surface area contributed by atoms with E-state index in [0.29, 0.717) is 31.1 Å². The van der Waals surface area contributed by atoms with Gasteiger partial charge in [-0.2, -0.15) is 0 Å². The van der Waals surface area contributed by atoms with Gasteiger partial charge in [-0.05, 0) is 36.7 Å². The predicted molar refractivity (Wildman–Crippen MR) is 77.0 cm³/mol. The topological polar surface area (TPSA) is 49.6 Å². The highest BCUT2D eigenvalue weighted by Gasteiger charge is 2.22. The molecule has 4 nitrogen and oxygen atoms in total. The van der Waals surface area contributed by atoms with Gasteiger partial charge >= 0.3 is 0 Å². The summed E-state index contributed by atoms with van der Waals surface area (Å²) in [6.07, 6.45) is 0. The first-order valence-corrected chi connectivity index (χ1v) is 7.07. The summed E-state index contributed by atoms with van der Waals surface area (Å²) in [7, 11) is 0. The zero-order chi connectivity index (χ0) is 14.5. The van der Waals surface area contributed by atoms with Crippen LogP contribution in [-0.2, 0) is 0 Å². The number of nitrogens with zero attached hydrogens (tertiary/aromatic N) is 2. The Hall–Kier alpha value is -1.46. The number of hydrogen-bond acceptors (Lipinski definition) is 3. The summed E-state index contributed by atoms with van der Waals surface area (Å²) < 4.78 is 12.9. The van der Waals surface area contributed by atoms with Crippen LogP contribution < -0.4 is 5.73 Å². The fourth-order valence-corrected chi connectivity index (χ4v) is 2.42. The molecule has 1 aliphatic heterocycles. The number of carbonyl (C=O) groups is 1. The van der Waals surface area contributed by atoms with Gasteiger partial charge in [-0.1, -0.05) is 6.92 Å². The second-order valence-electron chi connectivity index (χ2n) is 5.44. The Balaban J connectivity index is 1.87. The average Bonchev–Trinajstić information content (AvgIpc) is 2.48. The van der Waals surface area contributed by atoms with Crippen molar-refractivity contribution in [2.24, 2.45) is 11.7 Å². The van der Waals surface area contributed by atoms with Crippen molar-refractivity contribution in [2.45, 2.75) is 6.92 Å². The first-order chi connectivity index (χ1) is 9.60. The molecule has 0 saturated carbocycles. The molecule has 1 heterocycles. The third-order valence-electron chi connectivity index (χ3n) is 3.72. The summed E-state index contributed by atoms with van der Waals surface area (Å²) in [4.78, 5) is 16.4. The Kier molecular flexibility index (Phi) is 5.09. The first-order valence-electron chi connectivity index (χ1n) is 7.07. The summed E-state index contributed by atoms with van der Waals surface area (Å²) in [5, 5.41) is 0. The normalized spacial score (nSPS) is 18.1. The van der Waals surface area contributed by atoms with Crippen LogP contribution in [0.15, 0.2) is 24.3 Å². The molecule has 1 fully saturated rings. The Labute approximate surface area is 119 Å². The van der Waals surface area contributed by atoms with Crippen molar-refractivity contribution in [1.82, 2.24) is 9.80 Å².